The molecule has 0 aliphatic carbocycles. The SMILES string of the molecule is CCNc1ccc(C(=O)N2CCN(CC)CC2)nn1. The Morgan fingerprint density at radius 3 is 2.47 bits per heavy atom. The molecule has 1 fully saturated rings. The first-order valence-electron chi connectivity index (χ1n) is 6.83. The highest BCUT2D eigenvalue weighted by atomic mass is 16.2. The molecule has 1 saturated heterocycles. The lowest BCUT2D eigenvalue weighted by atomic mass is 10.2. The standard InChI is InChI=1S/C13H21N5O/c1-3-14-12-6-5-11(15-16-12)13(19)18-9-7-17(4-2)8-10-18/h5-6H,3-4,7-10H2,1-2H3,(H,14,16). The molecule has 1 aromatic heterocycles. The van der Waals surface area contributed by atoms with Crippen LogP contribution in [0.5, 0.6) is 0 Å². The zero-order valence-electron chi connectivity index (χ0n) is 11.6. The Morgan fingerprint density at radius 1 is 1.21 bits per heavy atom. The summed E-state index contributed by atoms with van der Waals surface area (Å²) in [4.78, 5) is 16.4. The smallest absolute Gasteiger partial charge is 0.274 e. The molecule has 1 N–H and O–H groups in total. The van der Waals surface area contributed by atoms with Gasteiger partial charge in [-0.1, -0.05) is 6.92 Å². The van der Waals surface area contributed by atoms with Gasteiger partial charge in [-0.05, 0) is 25.6 Å². The predicted octanol–water partition coefficient (Wildman–Crippen LogP) is 0.686. The highest BCUT2D eigenvalue weighted by Crippen LogP contribution is 2.08. The molecule has 0 unspecified atom stereocenters. The van der Waals surface area contributed by atoms with E-state index in [1.54, 1.807) is 12.1 Å². The number of carbonyl (C=O) groups is 1. The monoisotopic (exact) mass is 263 g/mol. The summed E-state index contributed by atoms with van der Waals surface area (Å²) in [6.45, 7) is 9.37. The van der Waals surface area contributed by atoms with Gasteiger partial charge in [0.15, 0.2) is 5.69 Å². The average molecular weight is 263 g/mol. The molecular weight excluding hydrogens is 242 g/mol. The van der Waals surface area contributed by atoms with Gasteiger partial charge in [-0.2, -0.15) is 0 Å². The van der Waals surface area contributed by atoms with Crippen LogP contribution in [0.15, 0.2) is 12.1 Å². The van der Waals surface area contributed by atoms with E-state index in [2.05, 4.69) is 27.3 Å². The molecule has 1 aliphatic rings. The van der Waals surface area contributed by atoms with E-state index in [1.165, 1.54) is 0 Å². The van der Waals surface area contributed by atoms with Crippen molar-refractivity contribution < 1.29 is 4.79 Å². The fourth-order valence-electron chi connectivity index (χ4n) is 2.15. The van der Waals surface area contributed by atoms with Gasteiger partial charge in [0.2, 0.25) is 0 Å². The van der Waals surface area contributed by atoms with Crippen LogP contribution in [0.1, 0.15) is 24.3 Å². The molecule has 19 heavy (non-hydrogen) atoms. The predicted molar refractivity (Wildman–Crippen MR) is 74.2 cm³/mol. The van der Waals surface area contributed by atoms with Crippen molar-refractivity contribution in [1.29, 1.82) is 0 Å². The van der Waals surface area contributed by atoms with Gasteiger partial charge in [0, 0.05) is 32.7 Å². The Bertz CT molecular complexity index is 412. The van der Waals surface area contributed by atoms with E-state index in [4.69, 9.17) is 0 Å². The largest absolute Gasteiger partial charge is 0.369 e. The number of rotatable bonds is 4. The van der Waals surface area contributed by atoms with E-state index in [0.717, 1.165) is 39.3 Å². The fourth-order valence-corrected chi connectivity index (χ4v) is 2.15. The number of amides is 1. The minimum Gasteiger partial charge on any atom is -0.369 e. The molecular formula is C13H21N5O. The summed E-state index contributed by atoms with van der Waals surface area (Å²) in [7, 11) is 0. The van der Waals surface area contributed by atoms with Gasteiger partial charge >= 0.3 is 0 Å². The van der Waals surface area contributed by atoms with Gasteiger partial charge in [-0.25, -0.2) is 0 Å². The summed E-state index contributed by atoms with van der Waals surface area (Å²) in [6, 6.07) is 3.53. The summed E-state index contributed by atoms with van der Waals surface area (Å²) < 4.78 is 0. The van der Waals surface area contributed by atoms with Gasteiger partial charge in [-0.15, -0.1) is 10.2 Å². The van der Waals surface area contributed by atoms with Gasteiger partial charge in [0.1, 0.15) is 5.82 Å². The van der Waals surface area contributed by atoms with E-state index in [1.807, 2.05) is 11.8 Å². The Labute approximate surface area is 113 Å². The number of piperazine rings is 1. The second kappa shape index (κ2) is 6.47. The fraction of sp³-hybridized carbons (Fsp3) is 0.615. The van der Waals surface area contributed by atoms with Gasteiger partial charge in [0.05, 0.1) is 0 Å². The van der Waals surface area contributed by atoms with Crippen LogP contribution >= 0.6 is 0 Å². The Balaban J connectivity index is 1.96. The maximum Gasteiger partial charge on any atom is 0.274 e. The van der Waals surface area contributed by atoms with Crippen molar-refractivity contribution in [3.05, 3.63) is 17.8 Å². The molecule has 0 bridgehead atoms. The third kappa shape index (κ3) is 3.41. The molecule has 104 valence electrons. The van der Waals surface area contributed by atoms with Crippen molar-refractivity contribution in [2.24, 2.45) is 0 Å². The number of likely N-dealkylation sites (N-methyl/N-ethyl adjacent to an activating group) is 1. The zero-order valence-corrected chi connectivity index (χ0v) is 11.6. The number of nitrogens with zero attached hydrogens (tertiary/aromatic N) is 4. The molecule has 0 spiro atoms. The second-order valence-electron chi connectivity index (χ2n) is 4.56. The van der Waals surface area contributed by atoms with Crippen molar-refractivity contribution >= 4 is 11.7 Å². The van der Waals surface area contributed by atoms with Crippen LogP contribution in [0.25, 0.3) is 0 Å². The van der Waals surface area contributed by atoms with Crippen LogP contribution in [0.2, 0.25) is 0 Å². The Hall–Kier alpha value is -1.69. The first kappa shape index (κ1) is 13.7. The van der Waals surface area contributed by atoms with Gasteiger partial charge in [-0.3, -0.25) is 4.79 Å². The van der Waals surface area contributed by atoms with Crippen molar-refractivity contribution in [3.63, 3.8) is 0 Å². The van der Waals surface area contributed by atoms with Crippen molar-refractivity contribution in [3.8, 4) is 0 Å². The maximum atomic E-state index is 12.2. The summed E-state index contributed by atoms with van der Waals surface area (Å²) >= 11 is 0. The van der Waals surface area contributed by atoms with E-state index < -0.39 is 0 Å². The summed E-state index contributed by atoms with van der Waals surface area (Å²) in [6.07, 6.45) is 0. The molecule has 1 aromatic rings. The first-order valence-corrected chi connectivity index (χ1v) is 6.83. The number of hydrogen-bond donors (Lipinski definition) is 1. The lowest BCUT2D eigenvalue weighted by Crippen LogP contribution is -2.48. The van der Waals surface area contributed by atoms with Crippen molar-refractivity contribution in [1.82, 2.24) is 20.0 Å². The highest BCUT2D eigenvalue weighted by Gasteiger charge is 2.22. The highest BCUT2D eigenvalue weighted by molar-refractivity contribution is 5.92. The van der Waals surface area contributed by atoms with Gasteiger partial charge in [0.25, 0.3) is 5.91 Å². The van der Waals surface area contributed by atoms with Crippen LogP contribution in [0.3, 0.4) is 0 Å². The summed E-state index contributed by atoms with van der Waals surface area (Å²) in [5.74, 6) is 0.682. The van der Waals surface area contributed by atoms with Crippen LogP contribution in [0, 0.1) is 0 Å². The van der Waals surface area contributed by atoms with E-state index in [9.17, 15) is 4.79 Å². The topological polar surface area (TPSA) is 61.4 Å². The number of aromatic nitrogens is 2. The average Bonchev–Trinajstić information content (AvgIpc) is 2.48. The van der Waals surface area contributed by atoms with Crippen LogP contribution < -0.4 is 5.32 Å². The van der Waals surface area contributed by atoms with E-state index >= 15 is 0 Å². The summed E-state index contributed by atoms with van der Waals surface area (Å²) in [5.41, 5.74) is 0.423. The maximum absolute atomic E-state index is 12.2. The molecule has 1 amide bonds. The third-order valence-corrected chi connectivity index (χ3v) is 3.35. The number of carbonyl (C=O) groups excluding carboxylic acids is 1. The lowest BCUT2D eigenvalue weighted by Gasteiger charge is -2.33. The van der Waals surface area contributed by atoms with Crippen LogP contribution in [-0.2, 0) is 0 Å². The minimum atomic E-state index is -0.0219. The lowest BCUT2D eigenvalue weighted by molar-refractivity contribution is 0.0636. The normalized spacial score (nSPS) is 16.4. The third-order valence-electron chi connectivity index (χ3n) is 3.35. The quantitative estimate of drug-likeness (QED) is 0.866. The van der Waals surface area contributed by atoms with E-state index in [0.29, 0.717) is 11.5 Å². The van der Waals surface area contributed by atoms with Crippen LogP contribution in [-0.4, -0.2) is 65.2 Å². The Morgan fingerprint density at radius 2 is 1.95 bits per heavy atom. The molecule has 6 heteroatoms. The number of anilines is 1. The first-order chi connectivity index (χ1) is 9.24. The molecule has 1 aliphatic heterocycles. The summed E-state index contributed by atoms with van der Waals surface area (Å²) in [5, 5.41) is 11.1. The molecule has 0 aromatic carbocycles. The van der Waals surface area contributed by atoms with E-state index in [-0.39, 0.29) is 5.91 Å². The Kier molecular flexibility index (Phi) is 4.68. The zero-order chi connectivity index (χ0) is 13.7. The van der Waals surface area contributed by atoms with Crippen molar-refractivity contribution in [2.45, 2.75) is 13.8 Å². The van der Waals surface area contributed by atoms with Crippen molar-refractivity contribution in [2.75, 3.05) is 44.6 Å². The minimum absolute atomic E-state index is 0.0219. The molecule has 0 radical (unpaired) electrons. The number of hydrogen-bond acceptors (Lipinski definition) is 5. The molecule has 0 saturated carbocycles. The molecule has 2 heterocycles. The van der Waals surface area contributed by atoms with Crippen LogP contribution in [0.4, 0.5) is 5.82 Å². The molecule has 2 rings (SSSR count). The molecule has 6 nitrogen and oxygen atoms in total. The van der Waals surface area contributed by atoms with Gasteiger partial charge < -0.3 is 15.1 Å². The second-order valence-corrected chi connectivity index (χ2v) is 4.56. The molecule has 0 atom stereocenters. The number of nitrogens with one attached hydrogen (secondary N) is 1.